The minimum atomic E-state index is -1.55. The lowest BCUT2D eigenvalue weighted by Gasteiger charge is -2.40. The average Bonchev–Trinajstić information content (AvgIpc) is 3.41. The molecule has 7 unspecified atom stereocenters. The summed E-state index contributed by atoms with van der Waals surface area (Å²) < 4.78 is 11.3. The van der Waals surface area contributed by atoms with Crippen molar-refractivity contribution in [2.45, 2.75) is 326 Å². The fourth-order valence-electron chi connectivity index (χ4n) is 9.87. The number of carbonyl (C=O) groups excluding carboxylic acids is 1. The highest BCUT2D eigenvalue weighted by Gasteiger charge is 2.44. The van der Waals surface area contributed by atoms with Gasteiger partial charge in [-0.2, -0.15) is 0 Å². The molecule has 0 aromatic heterocycles. The fraction of sp³-hybridized carbons (Fsp3) is 0.803. The molecule has 0 aliphatic carbocycles. The van der Waals surface area contributed by atoms with E-state index in [0.717, 1.165) is 77.0 Å². The number of aliphatic hydroxyl groups excluding tert-OH is 5. The molecule has 75 heavy (non-hydrogen) atoms. The Balaban J connectivity index is 2.01. The van der Waals surface area contributed by atoms with Gasteiger partial charge in [-0.15, -0.1) is 0 Å². The van der Waals surface area contributed by atoms with Gasteiger partial charge in [0.05, 0.1) is 25.4 Å². The maximum Gasteiger partial charge on any atom is 0.220 e. The Morgan fingerprint density at radius 2 is 0.827 bits per heavy atom. The van der Waals surface area contributed by atoms with Gasteiger partial charge in [-0.25, -0.2) is 0 Å². The van der Waals surface area contributed by atoms with Crippen LogP contribution < -0.4 is 5.32 Å². The topological polar surface area (TPSA) is 149 Å². The van der Waals surface area contributed by atoms with E-state index in [1.54, 1.807) is 0 Å². The Kier molecular flexibility index (Phi) is 51.8. The highest BCUT2D eigenvalue weighted by Crippen LogP contribution is 2.23. The molecule has 1 aliphatic rings. The number of nitrogens with one attached hydrogen (secondary N) is 1. The molecule has 9 nitrogen and oxygen atoms in total. The second kappa shape index (κ2) is 55.0. The molecule has 1 aliphatic heterocycles. The Labute approximate surface area is 461 Å². The molecule has 0 saturated carbocycles. The zero-order valence-electron chi connectivity index (χ0n) is 48.5. The summed E-state index contributed by atoms with van der Waals surface area (Å²) in [4.78, 5) is 13.1. The smallest absolute Gasteiger partial charge is 0.220 e. The van der Waals surface area contributed by atoms with Crippen molar-refractivity contribution in [2.24, 2.45) is 0 Å². The molecule has 7 atom stereocenters. The molecular formula is C66H119NO8. The van der Waals surface area contributed by atoms with Crippen LogP contribution in [0.1, 0.15) is 284 Å². The van der Waals surface area contributed by atoms with Gasteiger partial charge in [0.25, 0.3) is 0 Å². The SMILES string of the molecule is CC/C=C\C/C=C\C/C=C\C/C=C\C/C=C\C/C=C\CCCCCCCCCCCCCCCCCCCCCCCCC(=O)NC(COC1OC(CO)C(O)C(O)C1O)C(O)CCCCCCCCCCCCC. The average molecular weight is 1050 g/mol. The molecule has 436 valence electrons. The van der Waals surface area contributed by atoms with Gasteiger partial charge in [0.15, 0.2) is 6.29 Å². The van der Waals surface area contributed by atoms with E-state index in [9.17, 15) is 30.3 Å². The Hall–Kier alpha value is -2.37. The lowest BCUT2D eigenvalue weighted by molar-refractivity contribution is -0.302. The monoisotopic (exact) mass is 1050 g/mol. The van der Waals surface area contributed by atoms with E-state index in [1.807, 2.05) is 0 Å². The van der Waals surface area contributed by atoms with Gasteiger partial charge >= 0.3 is 0 Å². The van der Waals surface area contributed by atoms with Crippen LogP contribution in [0.25, 0.3) is 0 Å². The van der Waals surface area contributed by atoms with E-state index in [1.165, 1.54) is 180 Å². The van der Waals surface area contributed by atoms with Crippen molar-refractivity contribution >= 4 is 5.91 Å². The standard InChI is InChI=1S/C66H119NO8/c1-3-5-7-9-11-13-15-16-17-18-19-20-21-22-23-24-25-26-27-28-29-30-31-32-33-34-35-36-37-38-39-40-41-42-43-44-46-48-50-52-54-56-62(70)67-59(58-74-66-65(73)64(72)63(71)61(57-68)75-66)60(69)55-53-51-49-47-45-14-12-10-8-6-4-2/h5,7,11,13,16-17,19-20,22-23,25-26,59-61,63-66,68-69,71-73H,3-4,6,8-10,12,14-15,18,21,24,27-58H2,1-2H3,(H,67,70)/b7-5-,13-11-,17-16-,20-19-,23-22-,26-25-. The van der Waals surface area contributed by atoms with Crippen LogP contribution in [0.3, 0.4) is 0 Å². The third kappa shape index (κ3) is 44.2. The first kappa shape index (κ1) is 70.6. The summed E-state index contributed by atoms with van der Waals surface area (Å²) in [5, 5.41) is 54.5. The third-order valence-electron chi connectivity index (χ3n) is 14.8. The lowest BCUT2D eigenvalue weighted by Crippen LogP contribution is -2.60. The molecule has 1 rings (SSSR count). The highest BCUT2D eigenvalue weighted by molar-refractivity contribution is 5.76. The number of aliphatic hydroxyl groups is 5. The molecule has 1 amide bonds. The van der Waals surface area contributed by atoms with Crippen molar-refractivity contribution in [1.82, 2.24) is 5.32 Å². The van der Waals surface area contributed by atoms with Gasteiger partial charge in [0.1, 0.15) is 24.4 Å². The second-order valence-corrected chi connectivity index (χ2v) is 21.8. The fourth-order valence-corrected chi connectivity index (χ4v) is 9.87. The van der Waals surface area contributed by atoms with Crippen LogP contribution in [0.5, 0.6) is 0 Å². The van der Waals surface area contributed by atoms with Gasteiger partial charge in [-0.3, -0.25) is 4.79 Å². The number of unbranched alkanes of at least 4 members (excludes halogenated alkanes) is 32. The molecule has 0 aromatic rings. The molecule has 1 saturated heterocycles. The predicted molar refractivity (Wildman–Crippen MR) is 318 cm³/mol. The number of amides is 1. The van der Waals surface area contributed by atoms with Crippen LogP contribution in [-0.2, 0) is 14.3 Å². The summed E-state index contributed by atoms with van der Waals surface area (Å²) in [6.07, 6.45) is 69.7. The summed E-state index contributed by atoms with van der Waals surface area (Å²) in [6, 6.07) is -0.717. The van der Waals surface area contributed by atoms with Crippen LogP contribution in [0.4, 0.5) is 0 Å². The van der Waals surface area contributed by atoms with Gasteiger partial charge < -0.3 is 40.3 Å². The van der Waals surface area contributed by atoms with E-state index in [-0.39, 0.29) is 12.5 Å². The van der Waals surface area contributed by atoms with Crippen LogP contribution in [0.15, 0.2) is 72.9 Å². The molecular weight excluding hydrogens is 935 g/mol. The van der Waals surface area contributed by atoms with E-state index in [0.29, 0.717) is 12.8 Å². The quantitative estimate of drug-likeness (QED) is 0.0261. The number of ether oxygens (including phenoxy) is 2. The van der Waals surface area contributed by atoms with E-state index in [2.05, 4.69) is 92.1 Å². The van der Waals surface area contributed by atoms with Crippen molar-refractivity contribution in [1.29, 1.82) is 0 Å². The first-order valence-corrected chi connectivity index (χ1v) is 31.6. The minimum Gasteiger partial charge on any atom is -0.394 e. The van der Waals surface area contributed by atoms with E-state index >= 15 is 0 Å². The zero-order chi connectivity index (χ0) is 54.3. The molecule has 0 spiro atoms. The molecule has 1 fully saturated rings. The van der Waals surface area contributed by atoms with Gasteiger partial charge in [-0.05, 0) is 64.2 Å². The highest BCUT2D eigenvalue weighted by atomic mass is 16.7. The lowest BCUT2D eigenvalue weighted by atomic mass is 9.99. The summed E-state index contributed by atoms with van der Waals surface area (Å²) in [5.41, 5.74) is 0. The van der Waals surface area contributed by atoms with E-state index < -0.39 is 49.5 Å². The second-order valence-electron chi connectivity index (χ2n) is 21.8. The Bertz CT molecular complexity index is 1410. The number of allylic oxidation sites excluding steroid dienone is 12. The van der Waals surface area contributed by atoms with Crippen LogP contribution >= 0.6 is 0 Å². The van der Waals surface area contributed by atoms with Gasteiger partial charge in [0, 0.05) is 6.42 Å². The molecule has 9 heteroatoms. The van der Waals surface area contributed by atoms with Crippen LogP contribution in [0, 0.1) is 0 Å². The van der Waals surface area contributed by atoms with Crippen LogP contribution in [0.2, 0.25) is 0 Å². The van der Waals surface area contributed by atoms with Crippen molar-refractivity contribution in [3.63, 3.8) is 0 Å². The summed E-state index contributed by atoms with van der Waals surface area (Å²) in [6.45, 7) is 3.72. The Morgan fingerprint density at radius 1 is 0.467 bits per heavy atom. The van der Waals surface area contributed by atoms with Crippen molar-refractivity contribution in [3.8, 4) is 0 Å². The molecule has 0 radical (unpaired) electrons. The summed E-state index contributed by atoms with van der Waals surface area (Å²) >= 11 is 0. The predicted octanol–water partition coefficient (Wildman–Crippen LogP) is 16.4. The third-order valence-corrected chi connectivity index (χ3v) is 14.8. The summed E-state index contributed by atoms with van der Waals surface area (Å²) in [5.74, 6) is -0.142. The number of carbonyl (C=O) groups is 1. The summed E-state index contributed by atoms with van der Waals surface area (Å²) in [7, 11) is 0. The molecule has 0 bridgehead atoms. The first-order valence-electron chi connectivity index (χ1n) is 31.6. The van der Waals surface area contributed by atoms with E-state index in [4.69, 9.17) is 9.47 Å². The number of rotatable bonds is 54. The normalized spacial score (nSPS) is 19.4. The maximum atomic E-state index is 13.1. The zero-order valence-corrected chi connectivity index (χ0v) is 48.5. The van der Waals surface area contributed by atoms with Gasteiger partial charge in [-0.1, -0.05) is 286 Å². The van der Waals surface area contributed by atoms with Gasteiger partial charge in [0.2, 0.25) is 5.91 Å². The van der Waals surface area contributed by atoms with Crippen LogP contribution in [-0.4, -0.2) is 87.5 Å². The van der Waals surface area contributed by atoms with Crippen molar-refractivity contribution in [2.75, 3.05) is 13.2 Å². The minimum absolute atomic E-state index is 0.136. The van der Waals surface area contributed by atoms with Crippen molar-refractivity contribution in [3.05, 3.63) is 72.9 Å². The molecule has 1 heterocycles. The number of hydrogen-bond donors (Lipinski definition) is 6. The molecule has 6 N–H and O–H groups in total. The maximum absolute atomic E-state index is 13.1. The largest absolute Gasteiger partial charge is 0.394 e. The van der Waals surface area contributed by atoms with Crippen molar-refractivity contribution < 1.29 is 39.8 Å². The first-order chi connectivity index (χ1) is 36.8. The molecule has 0 aromatic carbocycles. The number of hydrogen-bond acceptors (Lipinski definition) is 8. The Morgan fingerprint density at radius 3 is 1.23 bits per heavy atom.